The minimum atomic E-state index is -3.04. The van der Waals surface area contributed by atoms with E-state index in [1.165, 1.54) is 23.1 Å². The molecule has 2 rings (SSSR count). The summed E-state index contributed by atoms with van der Waals surface area (Å²) >= 11 is 0. The number of carbonyl (C=O) groups excluding carboxylic acids is 2. The second kappa shape index (κ2) is 7.87. The molecule has 1 unspecified atom stereocenters. The number of benzene rings is 1. The first-order chi connectivity index (χ1) is 11.0. The number of hydrogen-bond donors (Lipinski definition) is 2. The van der Waals surface area contributed by atoms with Gasteiger partial charge in [0.1, 0.15) is 11.8 Å². The number of likely N-dealkylation sites (tertiary alicyclic amines) is 1. The van der Waals surface area contributed by atoms with Gasteiger partial charge in [-0.15, -0.1) is 0 Å². The molecule has 1 heterocycles. The first-order valence-corrected chi connectivity index (χ1v) is 7.28. The second-order valence-corrected chi connectivity index (χ2v) is 5.05. The van der Waals surface area contributed by atoms with Crippen LogP contribution in [-0.4, -0.2) is 54.2 Å². The van der Waals surface area contributed by atoms with E-state index in [0.717, 1.165) is 0 Å². The smallest absolute Gasteiger partial charge is 0.387 e. The summed E-state index contributed by atoms with van der Waals surface area (Å²) in [6.07, 6.45) is 1.13. The Labute approximate surface area is 132 Å². The molecule has 0 saturated carbocycles. The number of amides is 2. The molecular formula is C15H18F2N2O4. The van der Waals surface area contributed by atoms with Crippen molar-refractivity contribution in [3.8, 4) is 5.75 Å². The molecule has 2 N–H and O–H groups in total. The van der Waals surface area contributed by atoms with Gasteiger partial charge in [-0.25, -0.2) is 0 Å². The average Bonchev–Trinajstić information content (AvgIpc) is 3.01. The number of carbonyl (C=O) groups is 2. The zero-order chi connectivity index (χ0) is 16.8. The van der Waals surface area contributed by atoms with Gasteiger partial charge in [-0.05, 0) is 25.0 Å². The lowest BCUT2D eigenvalue weighted by molar-refractivity contribution is -0.125. The van der Waals surface area contributed by atoms with Gasteiger partial charge in [0.15, 0.2) is 0 Å². The van der Waals surface area contributed by atoms with Crippen molar-refractivity contribution in [2.24, 2.45) is 0 Å². The maximum absolute atomic E-state index is 12.6. The van der Waals surface area contributed by atoms with Crippen LogP contribution >= 0.6 is 0 Å². The predicted molar refractivity (Wildman–Crippen MR) is 77.2 cm³/mol. The SMILES string of the molecule is O=C(NCCO)C1CCCN1C(=O)c1ccccc1OC(F)F. The quantitative estimate of drug-likeness (QED) is 0.817. The standard InChI is InChI=1S/C15H18F2N2O4/c16-15(17)23-12-6-2-1-4-10(12)14(22)19-8-3-5-11(19)13(21)18-7-9-20/h1-2,4,6,11,15,20H,3,5,7-9H2,(H,18,21). The Morgan fingerprint density at radius 3 is 2.83 bits per heavy atom. The van der Waals surface area contributed by atoms with Gasteiger partial charge in [-0.3, -0.25) is 9.59 Å². The zero-order valence-electron chi connectivity index (χ0n) is 12.4. The van der Waals surface area contributed by atoms with E-state index in [4.69, 9.17) is 5.11 Å². The number of nitrogens with one attached hydrogen (secondary N) is 1. The zero-order valence-corrected chi connectivity index (χ0v) is 12.4. The number of halogens is 2. The highest BCUT2D eigenvalue weighted by molar-refractivity contribution is 6.00. The monoisotopic (exact) mass is 328 g/mol. The second-order valence-electron chi connectivity index (χ2n) is 5.05. The van der Waals surface area contributed by atoms with E-state index < -0.39 is 18.6 Å². The maximum atomic E-state index is 12.6. The van der Waals surface area contributed by atoms with Crippen molar-refractivity contribution in [2.75, 3.05) is 19.7 Å². The topological polar surface area (TPSA) is 78.9 Å². The van der Waals surface area contributed by atoms with Gasteiger partial charge in [0.25, 0.3) is 5.91 Å². The van der Waals surface area contributed by atoms with Crippen LogP contribution in [0.5, 0.6) is 5.75 Å². The van der Waals surface area contributed by atoms with Gasteiger partial charge < -0.3 is 20.1 Å². The molecule has 8 heteroatoms. The Morgan fingerprint density at radius 1 is 1.39 bits per heavy atom. The minimum Gasteiger partial charge on any atom is -0.434 e. The number of nitrogens with zero attached hydrogens (tertiary/aromatic N) is 1. The third kappa shape index (κ3) is 4.16. The largest absolute Gasteiger partial charge is 0.434 e. The van der Waals surface area contributed by atoms with Crippen LogP contribution in [0.25, 0.3) is 0 Å². The molecule has 0 aliphatic carbocycles. The van der Waals surface area contributed by atoms with E-state index in [9.17, 15) is 18.4 Å². The van der Waals surface area contributed by atoms with E-state index in [1.54, 1.807) is 6.07 Å². The molecule has 1 aliphatic heterocycles. The Hall–Kier alpha value is -2.22. The lowest BCUT2D eigenvalue weighted by Gasteiger charge is -2.24. The summed E-state index contributed by atoms with van der Waals surface area (Å²) in [7, 11) is 0. The normalized spacial score (nSPS) is 17.4. The van der Waals surface area contributed by atoms with Crippen LogP contribution in [0.2, 0.25) is 0 Å². The Balaban J connectivity index is 2.17. The highest BCUT2D eigenvalue weighted by Crippen LogP contribution is 2.26. The lowest BCUT2D eigenvalue weighted by Crippen LogP contribution is -2.46. The van der Waals surface area contributed by atoms with Crippen molar-refractivity contribution in [1.29, 1.82) is 0 Å². The Morgan fingerprint density at radius 2 is 2.13 bits per heavy atom. The van der Waals surface area contributed by atoms with Gasteiger partial charge in [-0.2, -0.15) is 8.78 Å². The molecule has 1 aromatic carbocycles. The molecule has 6 nitrogen and oxygen atoms in total. The maximum Gasteiger partial charge on any atom is 0.387 e. The molecule has 0 radical (unpaired) electrons. The molecule has 1 saturated heterocycles. The Bertz CT molecular complexity index is 568. The summed E-state index contributed by atoms with van der Waals surface area (Å²) in [6, 6.07) is 5.04. The molecule has 0 bridgehead atoms. The van der Waals surface area contributed by atoms with E-state index >= 15 is 0 Å². The number of rotatable bonds is 6. The fourth-order valence-corrected chi connectivity index (χ4v) is 2.58. The Kier molecular flexibility index (Phi) is 5.86. The van der Waals surface area contributed by atoms with Crippen molar-refractivity contribution in [2.45, 2.75) is 25.5 Å². The number of ether oxygens (including phenoxy) is 1. The number of hydrogen-bond acceptors (Lipinski definition) is 4. The summed E-state index contributed by atoms with van der Waals surface area (Å²) < 4.78 is 29.3. The van der Waals surface area contributed by atoms with Crippen LogP contribution in [0.15, 0.2) is 24.3 Å². The van der Waals surface area contributed by atoms with Crippen LogP contribution in [0.4, 0.5) is 8.78 Å². The van der Waals surface area contributed by atoms with Gasteiger partial charge in [0.2, 0.25) is 5.91 Å². The number of alkyl halides is 2. The van der Waals surface area contributed by atoms with Crippen molar-refractivity contribution in [1.82, 2.24) is 10.2 Å². The fourth-order valence-electron chi connectivity index (χ4n) is 2.58. The molecule has 23 heavy (non-hydrogen) atoms. The van der Waals surface area contributed by atoms with Crippen molar-refractivity contribution >= 4 is 11.8 Å². The first-order valence-electron chi connectivity index (χ1n) is 7.28. The molecule has 2 amide bonds. The van der Waals surface area contributed by atoms with E-state index in [-0.39, 0.29) is 30.4 Å². The van der Waals surface area contributed by atoms with Gasteiger partial charge in [0, 0.05) is 13.1 Å². The number of aliphatic hydroxyl groups excluding tert-OH is 1. The predicted octanol–water partition coefficient (Wildman–Crippen LogP) is 1.00. The van der Waals surface area contributed by atoms with E-state index in [1.807, 2.05) is 0 Å². The molecule has 0 aromatic heterocycles. The average molecular weight is 328 g/mol. The summed E-state index contributed by atoms with van der Waals surface area (Å²) in [5, 5.41) is 11.3. The van der Waals surface area contributed by atoms with Crippen LogP contribution in [-0.2, 0) is 4.79 Å². The number of aliphatic hydroxyl groups is 1. The summed E-state index contributed by atoms with van der Waals surface area (Å²) in [4.78, 5) is 26.0. The van der Waals surface area contributed by atoms with Gasteiger partial charge in [0.05, 0.1) is 12.2 Å². The van der Waals surface area contributed by atoms with Crippen LogP contribution in [0, 0.1) is 0 Å². The molecule has 1 aliphatic rings. The van der Waals surface area contributed by atoms with E-state index in [0.29, 0.717) is 19.4 Å². The summed E-state index contributed by atoms with van der Waals surface area (Å²) in [5.74, 6) is -1.10. The van der Waals surface area contributed by atoms with Gasteiger partial charge >= 0.3 is 6.61 Å². The van der Waals surface area contributed by atoms with Crippen molar-refractivity contribution in [3.63, 3.8) is 0 Å². The van der Waals surface area contributed by atoms with Crippen LogP contribution < -0.4 is 10.1 Å². The highest BCUT2D eigenvalue weighted by atomic mass is 19.3. The van der Waals surface area contributed by atoms with Crippen LogP contribution in [0.1, 0.15) is 23.2 Å². The third-order valence-corrected chi connectivity index (χ3v) is 3.56. The molecule has 126 valence electrons. The third-order valence-electron chi connectivity index (χ3n) is 3.56. The molecular weight excluding hydrogens is 310 g/mol. The van der Waals surface area contributed by atoms with Gasteiger partial charge in [-0.1, -0.05) is 12.1 Å². The lowest BCUT2D eigenvalue weighted by atomic mass is 10.1. The number of para-hydroxylation sites is 1. The molecule has 1 atom stereocenters. The summed E-state index contributed by atoms with van der Waals surface area (Å²) in [6.45, 7) is -2.77. The fraction of sp³-hybridized carbons (Fsp3) is 0.467. The van der Waals surface area contributed by atoms with Crippen molar-refractivity contribution < 1.29 is 28.2 Å². The minimum absolute atomic E-state index is 0.00495. The first kappa shape index (κ1) is 17.1. The van der Waals surface area contributed by atoms with Crippen LogP contribution in [0.3, 0.4) is 0 Å². The van der Waals surface area contributed by atoms with E-state index in [2.05, 4.69) is 10.1 Å². The molecule has 1 aromatic rings. The van der Waals surface area contributed by atoms with Crippen molar-refractivity contribution in [3.05, 3.63) is 29.8 Å². The summed E-state index contributed by atoms with van der Waals surface area (Å²) in [5.41, 5.74) is -0.00495. The highest BCUT2D eigenvalue weighted by Gasteiger charge is 2.35. The molecule has 0 spiro atoms. The molecule has 1 fully saturated rings.